The van der Waals surface area contributed by atoms with Crippen LogP contribution in [0.25, 0.3) is 0 Å². The Labute approximate surface area is 158 Å². The second kappa shape index (κ2) is 7.42. The molecule has 0 radical (unpaired) electrons. The van der Waals surface area contributed by atoms with Gasteiger partial charge in [0.05, 0.1) is 30.4 Å². The van der Waals surface area contributed by atoms with Gasteiger partial charge in [-0.25, -0.2) is 0 Å². The highest BCUT2D eigenvalue weighted by molar-refractivity contribution is 5.79. The lowest BCUT2D eigenvalue weighted by Gasteiger charge is -2.24. The first-order valence-corrected chi connectivity index (χ1v) is 9.39. The average Bonchev–Trinajstić information content (AvgIpc) is 2.95. The molecule has 2 amide bonds. The SMILES string of the molecule is CC(=O)N1CCCn2nc(CNC(=O)[C@H]3COc4ccccc4C3)cc2C1. The number of aryl methyl sites for hydroxylation is 1. The summed E-state index contributed by atoms with van der Waals surface area (Å²) in [5.74, 6) is 0.748. The molecular weight excluding hydrogens is 344 g/mol. The number of hydrogen-bond acceptors (Lipinski definition) is 4. The van der Waals surface area contributed by atoms with Crippen LogP contribution in [-0.2, 0) is 35.6 Å². The average molecular weight is 368 g/mol. The molecule has 0 aliphatic carbocycles. The van der Waals surface area contributed by atoms with Crippen molar-refractivity contribution in [2.75, 3.05) is 13.2 Å². The zero-order chi connectivity index (χ0) is 18.8. The summed E-state index contributed by atoms with van der Waals surface area (Å²) in [5.41, 5.74) is 2.91. The Morgan fingerprint density at radius 3 is 3.00 bits per heavy atom. The van der Waals surface area contributed by atoms with Crippen LogP contribution in [0.1, 0.15) is 30.3 Å². The number of benzene rings is 1. The smallest absolute Gasteiger partial charge is 0.227 e. The molecule has 1 atom stereocenters. The zero-order valence-electron chi connectivity index (χ0n) is 15.5. The minimum atomic E-state index is -0.187. The van der Waals surface area contributed by atoms with E-state index >= 15 is 0 Å². The van der Waals surface area contributed by atoms with Crippen molar-refractivity contribution in [1.29, 1.82) is 0 Å². The maximum absolute atomic E-state index is 12.5. The normalized spacial score (nSPS) is 18.7. The highest BCUT2D eigenvalue weighted by atomic mass is 16.5. The topological polar surface area (TPSA) is 76.5 Å². The second-order valence-electron chi connectivity index (χ2n) is 7.18. The van der Waals surface area contributed by atoms with E-state index in [1.54, 1.807) is 6.92 Å². The molecule has 0 unspecified atom stereocenters. The van der Waals surface area contributed by atoms with Crippen LogP contribution >= 0.6 is 0 Å². The number of aromatic nitrogens is 2. The zero-order valence-corrected chi connectivity index (χ0v) is 15.5. The molecule has 27 heavy (non-hydrogen) atoms. The van der Waals surface area contributed by atoms with Crippen LogP contribution < -0.4 is 10.1 Å². The standard InChI is InChI=1S/C20H24N4O3/c1-14(25)23-7-4-8-24-18(12-23)10-17(22-24)11-21-20(26)16-9-15-5-2-3-6-19(15)27-13-16/h2-3,5-6,10,16H,4,7-9,11-13H2,1H3,(H,21,26)/t16-/m1/s1. The fourth-order valence-corrected chi connectivity index (χ4v) is 3.70. The van der Waals surface area contributed by atoms with E-state index in [9.17, 15) is 9.59 Å². The van der Waals surface area contributed by atoms with Gasteiger partial charge in [-0.05, 0) is 30.5 Å². The highest BCUT2D eigenvalue weighted by Gasteiger charge is 2.26. The molecule has 0 spiro atoms. The van der Waals surface area contributed by atoms with Gasteiger partial charge in [-0.3, -0.25) is 14.3 Å². The maximum Gasteiger partial charge on any atom is 0.227 e. The van der Waals surface area contributed by atoms with Crippen LogP contribution in [0.3, 0.4) is 0 Å². The minimum absolute atomic E-state index is 0.0157. The molecule has 4 rings (SSSR count). The Morgan fingerprint density at radius 1 is 1.30 bits per heavy atom. The van der Waals surface area contributed by atoms with Gasteiger partial charge in [-0.2, -0.15) is 5.10 Å². The lowest BCUT2D eigenvalue weighted by molar-refractivity contribution is -0.129. The Bertz CT molecular complexity index is 861. The van der Waals surface area contributed by atoms with Crippen molar-refractivity contribution in [2.45, 2.75) is 39.4 Å². The van der Waals surface area contributed by atoms with Crippen LogP contribution in [-0.4, -0.2) is 39.6 Å². The summed E-state index contributed by atoms with van der Waals surface area (Å²) in [6.07, 6.45) is 1.58. The van der Waals surface area contributed by atoms with Gasteiger partial charge in [0, 0.05) is 20.0 Å². The number of nitrogens with zero attached hydrogens (tertiary/aromatic N) is 3. The summed E-state index contributed by atoms with van der Waals surface area (Å²) in [4.78, 5) is 26.0. The van der Waals surface area contributed by atoms with E-state index in [4.69, 9.17) is 4.74 Å². The van der Waals surface area contributed by atoms with Gasteiger partial charge in [0.2, 0.25) is 11.8 Å². The van der Waals surface area contributed by atoms with E-state index in [0.29, 0.717) is 26.1 Å². The van der Waals surface area contributed by atoms with Crippen molar-refractivity contribution in [1.82, 2.24) is 20.0 Å². The summed E-state index contributed by atoms with van der Waals surface area (Å²) >= 11 is 0. The fourth-order valence-electron chi connectivity index (χ4n) is 3.70. The van der Waals surface area contributed by atoms with Crippen molar-refractivity contribution in [2.24, 2.45) is 5.92 Å². The number of carbonyl (C=O) groups is 2. The number of carbonyl (C=O) groups excluding carboxylic acids is 2. The molecule has 3 heterocycles. The molecular formula is C20H24N4O3. The van der Waals surface area contributed by atoms with Crippen LogP contribution in [0.2, 0.25) is 0 Å². The van der Waals surface area contributed by atoms with Crippen LogP contribution in [0, 0.1) is 5.92 Å². The number of amides is 2. The molecule has 7 nitrogen and oxygen atoms in total. The van der Waals surface area contributed by atoms with E-state index in [0.717, 1.165) is 42.2 Å². The fraction of sp³-hybridized carbons (Fsp3) is 0.450. The second-order valence-corrected chi connectivity index (χ2v) is 7.18. The first-order chi connectivity index (χ1) is 13.1. The molecule has 2 aliphatic heterocycles. The molecule has 1 N–H and O–H groups in total. The lowest BCUT2D eigenvalue weighted by atomic mass is 9.96. The van der Waals surface area contributed by atoms with Crippen molar-refractivity contribution >= 4 is 11.8 Å². The van der Waals surface area contributed by atoms with Crippen molar-refractivity contribution in [3.63, 3.8) is 0 Å². The first kappa shape index (κ1) is 17.6. The molecule has 2 aromatic rings. The van der Waals surface area contributed by atoms with Crippen LogP contribution in [0.5, 0.6) is 5.75 Å². The van der Waals surface area contributed by atoms with Crippen LogP contribution in [0.4, 0.5) is 0 Å². The Morgan fingerprint density at radius 2 is 2.15 bits per heavy atom. The van der Waals surface area contributed by atoms with Gasteiger partial charge in [0.25, 0.3) is 0 Å². The summed E-state index contributed by atoms with van der Waals surface area (Å²) in [6.45, 7) is 4.50. The highest BCUT2D eigenvalue weighted by Crippen LogP contribution is 2.26. The van der Waals surface area contributed by atoms with Crippen LogP contribution in [0.15, 0.2) is 30.3 Å². The Kier molecular flexibility index (Phi) is 4.83. The summed E-state index contributed by atoms with van der Waals surface area (Å²) in [5, 5.41) is 7.57. The van der Waals surface area contributed by atoms with Gasteiger partial charge < -0.3 is 15.0 Å². The molecule has 0 bridgehead atoms. The molecule has 142 valence electrons. The monoisotopic (exact) mass is 368 g/mol. The summed E-state index contributed by atoms with van der Waals surface area (Å²) in [7, 11) is 0. The maximum atomic E-state index is 12.5. The van der Waals surface area contributed by atoms with Gasteiger partial charge in [-0.1, -0.05) is 18.2 Å². The van der Waals surface area contributed by atoms with Gasteiger partial charge >= 0.3 is 0 Å². The van der Waals surface area contributed by atoms with Crippen molar-refractivity contribution in [3.8, 4) is 5.75 Å². The largest absolute Gasteiger partial charge is 0.492 e. The molecule has 2 aliphatic rings. The lowest BCUT2D eigenvalue weighted by Crippen LogP contribution is -2.37. The van der Waals surface area contributed by atoms with Gasteiger partial charge in [-0.15, -0.1) is 0 Å². The molecule has 1 aromatic carbocycles. The number of para-hydroxylation sites is 1. The van der Waals surface area contributed by atoms with Crippen molar-refractivity contribution in [3.05, 3.63) is 47.3 Å². The van der Waals surface area contributed by atoms with E-state index in [1.165, 1.54) is 0 Å². The third-order valence-corrected chi connectivity index (χ3v) is 5.20. The minimum Gasteiger partial charge on any atom is -0.492 e. The third kappa shape index (κ3) is 3.82. The van der Waals surface area contributed by atoms with E-state index < -0.39 is 0 Å². The predicted octanol–water partition coefficient (Wildman–Crippen LogP) is 1.50. The van der Waals surface area contributed by atoms with E-state index in [2.05, 4.69) is 10.4 Å². The number of nitrogens with one attached hydrogen (secondary N) is 1. The molecule has 0 saturated heterocycles. The van der Waals surface area contributed by atoms with Crippen molar-refractivity contribution < 1.29 is 14.3 Å². The Hall–Kier alpha value is -2.83. The molecule has 0 fully saturated rings. The molecule has 7 heteroatoms. The van der Waals surface area contributed by atoms with Gasteiger partial charge in [0.15, 0.2) is 0 Å². The molecule has 1 aromatic heterocycles. The number of fused-ring (bicyclic) bond motifs is 2. The molecule has 0 saturated carbocycles. The third-order valence-electron chi connectivity index (χ3n) is 5.20. The predicted molar refractivity (Wildman–Crippen MR) is 98.9 cm³/mol. The van der Waals surface area contributed by atoms with E-state index in [-0.39, 0.29) is 17.7 Å². The number of hydrogen-bond donors (Lipinski definition) is 1. The van der Waals surface area contributed by atoms with E-state index in [1.807, 2.05) is 39.9 Å². The quantitative estimate of drug-likeness (QED) is 0.891. The number of rotatable bonds is 3. The summed E-state index contributed by atoms with van der Waals surface area (Å²) in [6, 6.07) is 9.82. The van der Waals surface area contributed by atoms with Gasteiger partial charge in [0.1, 0.15) is 12.4 Å². The number of ether oxygens (including phenoxy) is 1. The first-order valence-electron chi connectivity index (χ1n) is 9.39. The Balaban J connectivity index is 1.36. The summed E-state index contributed by atoms with van der Waals surface area (Å²) < 4.78 is 7.65.